The highest BCUT2D eigenvalue weighted by Crippen LogP contribution is 2.17. The topological polar surface area (TPSA) is 92.4 Å². The number of aromatic carboxylic acids is 1. The van der Waals surface area contributed by atoms with Crippen molar-refractivity contribution in [2.24, 2.45) is 0 Å². The summed E-state index contributed by atoms with van der Waals surface area (Å²) in [6.07, 6.45) is 4.30. The standard InChI is InChI=1S/C14H11NO3.C11H11NO/c16-13(15-10-6-2-1-3-7-10)11-8-4-5-9-12(11)14(17)18;1-2-9-3-5-10(6-4-9)11-12-7-8-13-11/h1-9H,(H,15,16)(H,17,18);3-8H,2H2,1H3. The van der Waals surface area contributed by atoms with E-state index >= 15 is 0 Å². The highest BCUT2D eigenvalue weighted by atomic mass is 16.4. The minimum Gasteiger partial charge on any atom is -0.478 e. The van der Waals surface area contributed by atoms with Crippen molar-refractivity contribution in [1.29, 1.82) is 0 Å². The third-order valence-electron chi connectivity index (χ3n) is 4.48. The molecule has 2 N–H and O–H groups in total. The first-order valence-electron chi connectivity index (χ1n) is 9.76. The molecule has 0 fully saturated rings. The summed E-state index contributed by atoms with van der Waals surface area (Å²) in [5.41, 5.74) is 3.12. The van der Waals surface area contributed by atoms with Crippen molar-refractivity contribution < 1.29 is 19.1 Å². The van der Waals surface area contributed by atoms with Crippen molar-refractivity contribution in [3.63, 3.8) is 0 Å². The predicted molar refractivity (Wildman–Crippen MR) is 119 cm³/mol. The number of carbonyl (C=O) groups excluding carboxylic acids is 1. The summed E-state index contributed by atoms with van der Waals surface area (Å²) in [7, 11) is 0. The molecule has 0 unspecified atom stereocenters. The van der Waals surface area contributed by atoms with Gasteiger partial charge in [0.1, 0.15) is 6.26 Å². The van der Waals surface area contributed by atoms with Crippen LogP contribution in [0.3, 0.4) is 0 Å². The van der Waals surface area contributed by atoms with Crippen LogP contribution in [0.25, 0.3) is 11.5 Å². The molecule has 4 aromatic rings. The van der Waals surface area contributed by atoms with E-state index in [0.717, 1.165) is 12.0 Å². The van der Waals surface area contributed by atoms with Gasteiger partial charge in [-0.15, -0.1) is 0 Å². The summed E-state index contributed by atoms with van der Waals surface area (Å²) in [5.74, 6) is -0.865. The van der Waals surface area contributed by atoms with Crippen LogP contribution >= 0.6 is 0 Å². The number of aryl methyl sites for hydroxylation is 1. The van der Waals surface area contributed by atoms with E-state index in [1.807, 2.05) is 18.2 Å². The Bertz CT molecular complexity index is 1120. The Kier molecular flexibility index (Phi) is 7.32. The van der Waals surface area contributed by atoms with Gasteiger partial charge in [0.25, 0.3) is 5.91 Å². The Labute approximate surface area is 180 Å². The number of nitrogens with zero attached hydrogens (tertiary/aromatic N) is 1. The van der Waals surface area contributed by atoms with Gasteiger partial charge in [-0.25, -0.2) is 9.78 Å². The Balaban J connectivity index is 0.000000185. The van der Waals surface area contributed by atoms with Gasteiger partial charge in [0.2, 0.25) is 5.89 Å². The second-order valence-corrected chi connectivity index (χ2v) is 6.56. The number of carbonyl (C=O) groups is 2. The smallest absolute Gasteiger partial charge is 0.336 e. The van der Waals surface area contributed by atoms with Crippen LogP contribution in [0.1, 0.15) is 33.2 Å². The third kappa shape index (κ3) is 5.90. The number of para-hydroxylation sites is 1. The van der Waals surface area contributed by atoms with Crippen LogP contribution in [0, 0.1) is 0 Å². The maximum absolute atomic E-state index is 12.0. The molecule has 1 amide bonds. The number of oxazole rings is 1. The molecular weight excluding hydrogens is 392 g/mol. The van der Waals surface area contributed by atoms with Crippen molar-refractivity contribution >= 4 is 17.6 Å². The van der Waals surface area contributed by atoms with Crippen LogP contribution in [-0.4, -0.2) is 22.0 Å². The first kappa shape index (κ1) is 21.5. The molecule has 0 aliphatic rings. The predicted octanol–water partition coefficient (Wildman–Crippen LogP) is 5.54. The van der Waals surface area contributed by atoms with E-state index in [-0.39, 0.29) is 11.1 Å². The molecule has 0 spiro atoms. The number of carboxylic acid groups (broad SMARTS) is 1. The number of amides is 1. The maximum Gasteiger partial charge on any atom is 0.336 e. The first-order valence-corrected chi connectivity index (χ1v) is 9.76. The van der Waals surface area contributed by atoms with Crippen molar-refractivity contribution in [3.8, 4) is 11.5 Å². The van der Waals surface area contributed by atoms with Crippen molar-refractivity contribution in [2.45, 2.75) is 13.3 Å². The van der Waals surface area contributed by atoms with Crippen molar-refractivity contribution in [3.05, 3.63) is 108 Å². The number of carboxylic acids is 1. The molecule has 3 aromatic carbocycles. The van der Waals surface area contributed by atoms with E-state index in [4.69, 9.17) is 9.52 Å². The Morgan fingerprint density at radius 2 is 1.55 bits per heavy atom. The van der Waals surface area contributed by atoms with Gasteiger partial charge >= 0.3 is 5.97 Å². The highest BCUT2D eigenvalue weighted by Gasteiger charge is 2.15. The zero-order chi connectivity index (χ0) is 22.1. The van der Waals surface area contributed by atoms with Crippen molar-refractivity contribution in [1.82, 2.24) is 4.98 Å². The SMILES string of the molecule is CCc1ccc(-c2ncco2)cc1.O=C(O)c1ccccc1C(=O)Nc1ccccc1. The summed E-state index contributed by atoms with van der Waals surface area (Å²) < 4.78 is 5.18. The molecule has 6 nitrogen and oxygen atoms in total. The van der Waals surface area contributed by atoms with Crippen LogP contribution in [0.4, 0.5) is 5.69 Å². The molecule has 6 heteroatoms. The van der Waals surface area contributed by atoms with Gasteiger partial charge in [0.05, 0.1) is 17.3 Å². The lowest BCUT2D eigenvalue weighted by Gasteiger charge is -2.07. The third-order valence-corrected chi connectivity index (χ3v) is 4.48. The van der Waals surface area contributed by atoms with E-state index in [1.54, 1.807) is 48.9 Å². The molecule has 31 heavy (non-hydrogen) atoms. The van der Waals surface area contributed by atoms with Crippen LogP contribution in [0.15, 0.2) is 95.7 Å². The zero-order valence-corrected chi connectivity index (χ0v) is 17.0. The van der Waals surface area contributed by atoms with E-state index < -0.39 is 11.9 Å². The van der Waals surface area contributed by atoms with Crippen molar-refractivity contribution in [2.75, 3.05) is 5.32 Å². The number of benzene rings is 3. The summed E-state index contributed by atoms with van der Waals surface area (Å²) in [6, 6.07) is 23.3. The van der Waals surface area contributed by atoms with Gasteiger partial charge in [0.15, 0.2) is 0 Å². The van der Waals surface area contributed by atoms with Gasteiger partial charge in [-0.2, -0.15) is 0 Å². The fourth-order valence-corrected chi connectivity index (χ4v) is 2.84. The van der Waals surface area contributed by atoms with Crippen LogP contribution < -0.4 is 5.32 Å². The van der Waals surface area contributed by atoms with Gasteiger partial charge in [-0.3, -0.25) is 4.79 Å². The molecule has 0 aliphatic heterocycles. The Hall–Kier alpha value is -4.19. The lowest BCUT2D eigenvalue weighted by molar-refractivity contribution is 0.0692. The molecule has 0 bridgehead atoms. The summed E-state index contributed by atoms with van der Waals surface area (Å²) >= 11 is 0. The van der Waals surface area contributed by atoms with Crippen LogP contribution in [0.5, 0.6) is 0 Å². The number of nitrogens with one attached hydrogen (secondary N) is 1. The van der Waals surface area contributed by atoms with Crippen LogP contribution in [0.2, 0.25) is 0 Å². The second kappa shape index (κ2) is 10.5. The minimum absolute atomic E-state index is 0.00840. The average Bonchev–Trinajstić information content (AvgIpc) is 3.35. The van der Waals surface area contributed by atoms with E-state index in [2.05, 4.69) is 29.4 Å². The molecule has 0 saturated carbocycles. The molecule has 0 atom stereocenters. The quantitative estimate of drug-likeness (QED) is 0.447. The summed E-state index contributed by atoms with van der Waals surface area (Å²) in [6.45, 7) is 2.14. The largest absolute Gasteiger partial charge is 0.478 e. The fraction of sp³-hybridized carbons (Fsp3) is 0.0800. The van der Waals surface area contributed by atoms with Gasteiger partial charge < -0.3 is 14.8 Å². The van der Waals surface area contributed by atoms with Gasteiger partial charge in [-0.1, -0.05) is 49.4 Å². The van der Waals surface area contributed by atoms with Gasteiger partial charge in [-0.05, 0) is 48.4 Å². The minimum atomic E-state index is -1.12. The van der Waals surface area contributed by atoms with E-state index in [0.29, 0.717) is 11.6 Å². The normalized spacial score (nSPS) is 9.97. The van der Waals surface area contributed by atoms with E-state index in [1.165, 1.54) is 17.7 Å². The number of rotatable bonds is 5. The Morgan fingerprint density at radius 3 is 2.13 bits per heavy atom. The summed E-state index contributed by atoms with van der Waals surface area (Å²) in [5, 5.41) is 11.7. The lowest BCUT2D eigenvalue weighted by Crippen LogP contribution is -2.16. The average molecular weight is 414 g/mol. The molecule has 1 heterocycles. The molecule has 156 valence electrons. The van der Waals surface area contributed by atoms with Gasteiger partial charge in [0, 0.05) is 11.3 Å². The first-order chi connectivity index (χ1) is 15.1. The molecular formula is C25H22N2O4. The maximum atomic E-state index is 12.0. The number of hydrogen-bond acceptors (Lipinski definition) is 4. The number of aromatic nitrogens is 1. The molecule has 1 aromatic heterocycles. The second-order valence-electron chi connectivity index (χ2n) is 6.56. The highest BCUT2D eigenvalue weighted by molar-refractivity contribution is 6.10. The molecule has 0 aliphatic carbocycles. The Morgan fingerprint density at radius 1 is 0.903 bits per heavy atom. The number of anilines is 1. The van der Waals surface area contributed by atoms with E-state index in [9.17, 15) is 9.59 Å². The van der Waals surface area contributed by atoms with Crippen LogP contribution in [-0.2, 0) is 6.42 Å². The molecule has 0 saturated heterocycles. The zero-order valence-electron chi connectivity index (χ0n) is 17.0. The fourth-order valence-electron chi connectivity index (χ4n) is 2.84. The monoisotopic (exact) mass is 414 g/mol. The molecule has 0 radical (unpaired) electrons. The number of hydrogen-bond donors (Lipinski definition) is 2. The molecule has 4 rings (SSSR count). The lowest BCUT2D eigenvalue weighted by atomic mass is 10.1. The summed E-state index contributed by atoms with van der Waals surface area (Å²) in [4.78, 5) is 27.0.